The minimum atomic E-state index is 0.0261. The molecule has 1 aliphatic rings. The second kappa shape index (κ2) is 7.72. The summed E-state index contributed by atoms with van der Waals surface area (Å²) in [7, 11) is 0. The van der Waals surface area contributed by atoms with Gasteiger partial charge in [0.2, 0.25) is 5.91 Å². The molecule has 1 fully saturated rings. The molecule has 8 heteroatoms. The zero-order valence-electron chi connectivity index (χ0n) is 12.5. The van der Waals surface area contributed by atoms with Crippen LogP contribution < -0.4 is 4.90 Å². The number of halogens is 1. The molecular weight excluding hydrogens is 336 g/mol. The van der Waals surface area contributed by atoms with Gasteiger partial charge < -0.3 is 14.5 Å². The van der Waals surface area contributed by atoms with Crippen molar-refractivity contribution in [3.8, 4) is 0 Å². The van der Waals surface area contributed by atoms with Crippen LogP contribution in [0.2, 0.25) is 5.02 Å². The van der Waals surface area contributed by atoms with Gasteiger partial charge in [-0.1, -0.05) is 11.6 Å². The Balaban J connectivity index is 1.43. The van der Waals surface area contributed by atoms with Crippen molar-refractivity contribution in [3.05, 3.63) is 39.9 Å². The number of hydrogen-bond donors (Lipinski definition) is 0. The predicted molar refractivity (Wildman–Crippen MR) is 89.8 cm³/mol. The molecule has 23 heavy (non-hydrogen) atoms. The van der Waals surface area contributed by atoms with E-state index in [9.17, 15) is 4.79 Å². The van der Waals surface area contributed by atoms with Crippen molar-refractivity contribution < 1.29 is 9.53 Å². The lowest BCUT2D eigenvalue weighted by Crippen LogP contribution is -2.50. The van der Waals surface area contributed by atoms with Crippen molar-refractivity contribution >= 4 is 34.7 Å². The number of anilines is 1. The largest absolute Gasteiger partial charge is 0.366 e. The van der Waals surface area contributed by atoms with E-state index in [-0.39, 0.29) is 12.5 Å². The summed E-state index contributed by atoms with van der Waals surface area (Å²) in [5.41, 5.74) is 1.75. The Bertz CT molecular complexity index is 627. The lowest BCUT2D eigenvalue weighted by atomic mass is 10.3. The number of aromatic nitrogens is 2. The van der Waals surface area contributed by atoms with Crippen LogP contribution in [0.4, 0.5) is 5.82 Å². The van der Waals surface area contributed by atoms with E-state index < -0.39 is 0 Å². The summed E-state index contributed by atoms with van der Waals surface area (Å²) in [4.78, 5) is 25.4. The van der Waals surface area contributed by atoms with Crippen LogP contribution in [-0.4, -0.2) is 53.6 Å². The predicted octanol–water partition coefficient (Wildman–Crippen LogP) is 2.06. The summed E-state index contributed by atoms with van der Waals surface area (Å²) in [6.07, 6.45) is 3.40. The maximum absolute atomic E-state index is 12.2. The first-order valence-corrected chi connectivity index (χ1v) is 8.57. The molecule has 0 aromatic carbocycles. The molecule has 1 saturated heterocycles. The molecule has 0 bridgehead atoms. The molecule has 2 aromatic heterocycles. The summed E-state index contributed by atoms with van der Waals surface area (Å²) in [6.45, 7) is 3.41. The zero-order valence-corrected chi connectivity index (χ0v) is 14.1. The lowest BCUT2D eigenvalue weighted by Gasteiger charge is -2.35. The molecule has 0 atom stereocenters. The normalized spacial score (nSPS) is 15.0. The van der Waals surface area contributed by atoms with Crippen LogP contribution in [0.1, 0.15) is 4.88 Å². The van der Waals surface area contributed by atoms with Crippen molar-refractivity contribution in [1.29, 1.82) is 0 Å². The number of hydrogen-bond acceptors (Lipinski definition) is 6. The number of thiazole rings is 1. The minimum Gasteiger partial charge on any atom is -0.366 e. The van der Waals surface area contributed by atoms with Crippen molar-refractivity contribution in [2.75, 3.05) is 37.7 Å². The smallest absolute Gasteiger partial charge is 0.248 e. The maximum atomic E-state index is 12.2. The van der Waals surface area contributed by atoms with Gasteiger partial charge in [0, 0.05) is 38.6 Å². The fraction of sp³-hybridized carbons (Fsp3) is 0.400. The first-order valence-electron chi connectivity index (χ1n) is 7.32. The Morgan fingerprint density at radius 3 is 2.74 bits per heavy atom. The highest BCUT2D eigenvalue weighted by Gasteiger charge is 2.21. The summed E-state index contributed by atoms with van der Waals surface area (Å²) in [6, 6.07) is 3.73. The minimum absolute atomic E-state index is 0.0261. The number of piperazine rings is 1. The Morgan fingerprint density at radius 2 is 2.09 bits per heavy atom. The van der Waals surface area contributed by atoms with Gasteiger partial charge in [0.15, 0.2) is 0 Å². The Morgan fingerprint density at radius 1 is 1.26 bits per heavy atom. The summed E-state index contributed by atoms with van der Waals surface area (Å²) >= 11 is 7.37. The van der Waals surface area contributed by atoms with E-state index in [1.807, 2.05) is 17.0 Å². The number of carbonyl (C=O) groups excluding carboxylic acids is 1. The summed E-state index contributed by atoms with van der Waals surface area (Å²) in [5, 5.41) is 0.626. The molecule has 0 unspecified atom stereocenters. The molecule has 1 aliphatic heterocycles. The highest BCUT2D eigenvalue weighted by Crippen LogP contribution is 2.16. The molecule has 0 spiro atoms. The fourth-order valence-corrected chi connectivity index (χ4v) is 3.03. The number of pyridine rings is 1. The van der Waals surface area contributed by atoms with E-state index in [0.29, 0.717) is 24.7 Å². The molecular formula is C15H17ClN4O2S. The molecule has 2 aromatic rings. The van der Waals surface area contributed by atoms with Crippen LogP contribution in [0.5, 0.6) is 0 Å². The van der Waals surface area contributed by atoms with E-state index >= 15 is 0 Å². The van der Waals surface area contributed by atoms with E-state index in [0.717, 1.165) is 23.8 Å². The van der Waals surface area contributed by atoms with Crippen LogP contribution >= 0.6 is 22.9 Å². The van der Waals surface area contributed by atoms with Gasteiger partial charge >= 0.3 is 0 Å². The van der Waals surface area contributed by atoms with Gasteiger partial charge in [-0.05, 0) is 12.1 Å². The molecule has 0 radical (unpaired) electrons. The average Bonchev–Trinajstić information content (AvgIpc) is 3.09. The highest BCUT2D eigenvalue weighted by atomic mass is 35.5. The average molecular weight is 353 g/mol. The standard InChI is InChI=1S/C15H17ClN4O2S/c16-12-1-2-14(18-7-12)19-3-5-20(6-4-19)15(21)10-22-9-13-8-17-11-23-13/h1-2,7-8,11H,3-6,9-10H2. The van der Waals surface area contributed by atoms with Gasteiger partial charge in [0.05, 0.1) is 22.0 Å². The Hall–Kier alpha value is -1.70. The lowest BCUT2D eigenvalue weighted by molar-refractivity contribution is -0.136. The third kappa shape index (κ3) is 4.40. The summed E-state index contributed by atoms with van der Waals surface area (Å²) in [5.74, 6) is 0.918. The van der Waals surface area contributed by atoms with E-state index in [4.69, 9.17) is 16.3 Å². The van der Waals surface area contributed by atoms with Crippen molar-refractivity contribution in [3.63, 3.8) is 0 Å². The molecule has 3 heterocycles. The van der Waals surface area contributed by atoms with Crippen LogP contribution in [0.25, 0.3) is 0 Å². The SMILES string of the molecule is O=C(COCc1cncs1)N1CCN(c2ccc(Cl)cn2)CC1. The van der Waals surface area contributed by atoms with Crippen LogP contribution in [0.15, 0.2) is 30.0 Å². The van der Waals surface area contributed by atoms with Crippen molar-refractivity contribution in [2.45, 2.75) is 6.61 Å². The molecule has 0 N–H and O–H groups in total. The molecule has 1 amide bonds. The van der Waals surface area contributed by atoms with Crippen LogP contribution in [0.3, 0.4) is 0 Å². The van der Waals surface area contributed by atoms with Gasteiger partial charge in [-0.15, -0.1) is 11.3 Å². The monoisotopic (exact) mass is 352 g/mol. The fourth-order valence-electron chi connectivity index (χ4n) is 2.38. The van der Waals surface area contributed by atoms with Crippen molar-refractivity contribution in [1.82, 2.24) is 14.9 Å². The van der Waals surface area contributed by atoms with Crippen LogP contribution in [0, 0.1) is 0 Å². The third-order valence-corrected chi connectivity index (χ3v) is 4.60. The van der Waals surface area contributed by atoms with E-state index in [1.165, 1.54) is 11.3 Å². The first-order chi connectivity index (χ1) is 11.2. The number of amides is 1. The first kappa shape index (κ1) is 16.2. The zero-order chi connectivity index (χ0) is 16.1. The molecule has 3 rings (SSSR count). The maximum Gasteiger partial charge on any atom is 0.248 e. The number of ether oxygens (including phenoxy) is 1. The third-order valence-electron chi connectivity index (χ3n) is 3.62. The molecule has 122 valence electrons. The second-order valence-electron chi connectivity index (χ2n) is 5.16. The van der Waals surface area contributed by atoms with Gasteiger partial charge in [-0.2, -0.15) is 0 Å². The molecule has 6 nitrogen and oxygen atoms in total. The number of carbonyl (C=O) groups is 1. The quantitative estimate of drug-likeness (QED) is 0.824. The number of rotatable bonds is 5. The van der Waals surface area contributed by atoms with Crippen LogP contribution in [-0.2, 0) is 16.1 Å². The van der Waals surface area contributed by atoms with Gasteiger partial charge in [0.25, 0.3) is 0 Å². The Kier molecular flexibility index (Phi) is 5.43. The Labute approximate surface area is 143 Å². The molecule has 0 aliphatic carbocycles. The van der Waals surface area contributed by atoms with Crippen molar-refractivity contribution in [2.24, 2.45) is 0 Å². The topological polar surface area (TPSA) is 58.6 Å². The number of nitrogens with zero attached hydrogens (tertiary/aromatic N) is 4. The molecule has 0 saturated carbocycles. The van der Waals surface area contributed by atoms with Gasteiger partial charge in [0.1, 0.15) is 12.4 Å². The highest BCUT2D eigenvalue weighted by molar-refractivity contribution is 7.09. The second-order valence-corrected chi connectivity index (χ2v) is 6.57. The van der Waals surface area contributed by atoms with E-state index in [1.54, 1.807) is 17.9 Å². The summed E-state index contributed by atoms with van der Waals surface area (Å²) < 4.78 is 5.46. The van der Waals surface area contributed by atoms with E-state index in [2.05, 4.69) is 14.9 Å². The van der Waals surface area contributed by atoms with Gasteiger partial charge in [-0.3, -0.25) is 9.78 Å². The van der Waals surface area contributed by atoms with Gasteiger partial charge in [-0.25, -0.2) is 4.98 Å².